The Morgan fingerprint density at radius 3 is 2.52 bits per heavy atom. The standard InChI is InChI=1S/C17H11Br2ClO/c18-10-13-14(20)6-3-7-15(13)21-16-9-8-11-4-1-2-5-12(11)17(16)19/h1-9H,10H2. The molecule has 0 radical (unpaired) electrons. The van der Waals surface area contributed by atoms with E-state index in [1.165, 1.54) is 5.39 Å². The molecule has 0 amide bonds. The van der Waals surface area contributed by atoms with Gasteiger partial charge in [0.05, 0.1) is 4.47 Å². The Labute approximate surface area is 145 Å². The first-order chi connectivity index (χ1) is 10.2. The molecule has 3 aromatic carbocycles. The predicted octanol–water partition coefficient (Wildman–Crippen LogP) is 6.94. The third-order valence-electron chi connectivity index (χ3n) is 3.26. The highest BCUT2D eigenvalue weighted by Gasteiger charge is 2.11. The second kappa shape index (κ2) is 6.39. The first kappa shape index (κ1) is 14.9. The zero-order valence-corrected chi connectivity index (χ0v) is 14.9. The van der Waals surface area contributed by atoms with Crippen molar-refractivity contribution in [3.63, 3.8) is 0 Å². The molecule has 0 aromatic heterocycles. The largest absolute Gasteiger partial charge is 0.456 e. The topological polar surface area (TPSA) is 9.23 Å². The molecule has 0 bridgehead atoms. The van der Waals surface area contributed by atoms with Crippen LogP contribution in [0.4, 0.5) is 0 Å². The smallest absolute Gasteiger partial charge is 0.142 e. The van der Waals surface area contributed by atoms with E-state index in [2.05, 4.69) is 44.0 Å². The number of benzene rings is 3. The quantitative estimate of drug-likeness (QED) is 0.412. The van der Waals surface area contributed by atoms with Crippen molar-refractivity contribution in [2.24, 2.45) is 0 Å². The summed E-state index contributed by atoms with van der Waals surface area (Å²) in [5.74, 6) is 1.54. The van der Waals surface area contributed by atoms with Gasteiger partial charge in [0, 0.05) is 15.9 Å². The Kier molecular flexibility index (Phi) is 4.53. The summed E-state index contributed by atoms with van der Waals surface area (Å²) in [6.45, 7) is 0. The van der Waals surface area contributed by atoms with Crippen LogP contribution in [0.25, 0.3) is 10.8 Å². The summed E-state index contributed by atoms with van der Waals surface area (Å²) < 4.78 is 7.00. The van der Waals surface area contributed by atoms with E-state index < -0.39 is 0 Å². The molecular weight excluding hydrogens is 415 g/mol. The van der Waals surface area contributed by atoms with Crippen LogP contribution in [-0.4, -0.2) is 0 Å². The molecule has 0 N–H and O–H groups in total. The van der Waals surface area contributed by atoms with Gasteiger partial charge < -0.3 is 4.74 Å². The lowest BCUT2D eigenvalue weighted by Gasteiger charge is -2.13. The Morgan fingerprint density at radius 1 is 0.905 bits per heavy atom. The Bertz CT molecular complexity index is 802. The molecule has 3 aromatic rings. The zero-order valence-electron chi connectivity index (χ0n) is 10.9. The maximum atomic E-state index is 6.21. The van der Waals surface area contributed by atoms with Crippen LogP contribution >= 0.6 is 43.5 Å². The van der Waals surface area contributed by atoms with Crippen LogP contribution in [0.2, 0.25) is 5.02 Å². The van der Waals surface area contributed by atoms with Gasteiger partial charge in [0.15, 0.2) is 0 Å². The van der Waals surface area contributed by atoms with Crippen molar-refractivity contribution in [3.8, 4) is 11.5 Å². The van der Waals surface area contributed by atoms with E-state index in [1.54, 1.807) is 0 Å². The summed E-state index contributed by atoms with van der Waals surface area (Å²) in [6.07, 6.45) is 0. The molecule has 0 aliphatic rings. The van der Waals surface area contributed by atoms with Gasteiger partial charge in [0.2, 0.25) is 0 Å². The van der Waals surface area contributed by atoms with Crippen molar-refractivity contribution in [1.29, 1.82) is 0 Å². The minimum Gasteiger partial charge on any atom is -0.456 e. The maximum Gasteiger partial charge on any atom is 0.142 e. The summed E-state index contributed by atoms with van der Waals surface area (Å²) >= 11 is 13.3. The summed E-state index contributed by atoms with van der Waals surface area (Å²) in [5.41, 5.74) is 0.944. The van der Waals surface area contributed by atoms with Crippen molar-refractivity contribution in [2.45, 2.75) is 5.33 Å². The second-order valence-corrected chi connectivity index (χ2v) is 6.31. The third-order valence-corrected chi connectivity index (χ3v) is 4.99. The van der Waals surface area contributed by atoms with Crippen molar-refractivity contribution in [2.75, 3.05) is 0 Å². The second-order valence-electron chi connectivity index (χ2n) is 4.55. The third kappa shape index (κ3) is 2.96. The number of alkyl halides is 1. The van der Waals surface area contributed by atoms with E-state index in [4.69, 9.17) is 16.3 Å². The normalized spacial score (nSPS) is 10.8. The molecule has 0 fully saturated rings. The van der Waals surface area contributed by atoms with Gasteiger partial charge in [0.1, 0.15) is 11.5 Å². The molecule has 0 aliphatic heterocycles. The van der Waals surface area contributed by atoms with E-state index in [0.717, 1.165) is 26.9 Å². The fourth-order valence-electron chi connectivity index (χ4n) is 2.18. The lowest BCUT2D eigenvalue weighted by atomic mass is 10.1. The van der Waals surface area contributed by atoms with Gasteiger partial charge in [-0.15, -0.1) is 0 Å². The number of fused-ring (bicyclic) bond motifs is 1. The van der Waals surface area contributed by atoms with Gasteiger partial charge in [0.25, 0.3) is 0 Å². The van der Waals surface area contributed by atoms with Crippen molar-refractivity contribution in [3.05, 3.63) is 69.7 Å². The zero-order chi connectivity index (χ0) is 14.8. The summed E-state index contributed by atoms with van der Waals surface area (Å²) in [6, 6.07) is 17.9. The van der Waals surface area contributed by atoms with Gasteiger partial charge in [-0.1, -0.05) is 63.9 Å². The molecule has 106 valence electrons. The van der Waals surface area contributed by atoms with Crippen molar-refractivity contribution < 1.29 is 4.74 Å². The first-order valence-corrected chi connectivity index (χ1v) is 8.68. The van der Waals surface area contributed by atoms with Gasteiger partial charge in [-0.2, -0.15) is 0 Å². The Morgan fingerprint density at radius 2 is 1.71 bits per heavy atom. The molecule has 0 heterocycles. The lowest BCUT2D eigenvalue weighted by molar-refractivity contribution is 0.476. The molecule has 0 saturated carbocycles. The number of rotatable bonds is 3. The molecular formula is C17H11Br2ClO. The molecule has 0 atom stereocenters. The molecule has 3 rings (SSSR count). The fourth-order valence-corrected chi connectivity index (χ4v) is 3.72. The first-order valence-electron chi connectivity index (χ1n) is 6.39. The summed E-state index contributed by atoms with van der Waals surface area (Å²) in [5, 5.41) is 3.63. The van der Waals surface area contributed by atoms with Crippen LogP contribution in [0.1, 0.15) is 5.56 Å². The van der Waals surface area contributed by atoms with Crippen LogP contribution < -0.4 is 4.74 Å². The van der Waals surface area contributed by atoms with Crippen molar-refractivity contribution in [1.82, 2.24) is 0 Å². The molecule has 0 saturated heterocycles. The number of ether oxygens (including phenoxy) is 1. The summed E-state index contributed by atoms with van der Waals surface area (Å²) in [4.78, 5) is 0. The minimum atomic E-state index is 0.646. The van der Waals surface area contributed by atoms with Crippen LogP contribution in [0.15, 0.2) is 59.1 Å². The van der Waals surface area contributed by atoms with Gasteiger partial charge >= 0.3 is 0 Å². The van der Waals surface area contributed by atoms with Crippen molar-refractivity contribution >= 4 is 54.2 Å². The average Bonchev–Trinajstić information content (AvgIpc) is 2.50. The van der Waals surface area contributed by atoms with Crippen LogP contribution in [0, 0.1) is 0 Å². The highest BCUT2D eigenvalue weighted by Crippen LogP contribution is 2.38. The lowest BCUT2D eigenvalue weighted by Crippen LogP contribution is -1.91. The highest BCUT2D eigenvalue weighted by atomic mass is 79.9. The van der Waals surface area contributed by atoms with Crippen LogP contribution in [-0.2, 0) is 5.33 Å². The predicted molar refractivity (Wildman–Crippen MR) is 95.8 cm³/mol. The monoisotopic (exact) mass is 424 g/mol. The van der Waals surface area contributed by atoms with E-state index in [1.807, 2.05) is 42.5 Å². The number of hydrogen-bond donors (Lipinski definition) is 0. The minimum absolute atomic E-state index is 0.646. The van der Waals surface area contributed by atoms with E-state index in [9.17, 15) is 0 Å². The van der Waals surface area contributed by atoms with Gasteiger partial charge in [-0.25, -0.2) is 0 Å². The van der Waals surface area contributed by atoms with E-state index in [-0.39, 0.29) is 0 Å². The van der Waals surface area contributed by atoms with E-state index in [0.29, 0.717) is 10.4 Å². The molecule has 4 heteroatoms. The van der Waals surface area contributed by atoms with Crippen LogP contribution in [0.3, 0.4) is 0 Å². The molecule has 0 aliphatic carbocycles. The summed E-state index contributed by atoms with van der Waals surface area (Å²) in [7, 11) is 0. The Hall–Kier alpha value is -1.03. The fraction of sp³-hybridized carbons (Fsp3) is 0.0588. The van der Waals surface area contributed by atoms with E-state index >= 15 is 0 Å². The number of hydrogen-bond acceptors (Lipinski definition) is 1. The maximum absolute atomic E-state index is 6.21. The molecule has 1 nitrogen and oxygen atoms in total. The van der Waals surface area contributed by atoms with Gasteiger partial charge in [-0.05, 0) is 44.9 Å². The Balaban J connectivity index is 2.07. The van der Waals surface area contributed by atoms with Gasteiger partial charge in [-0.3, -0.25) is 0 Å². The molecule has 0 unspecified atom stereocenters. The highest BCUT2D eigenvalue weighted by molar-refractivity contribution is 9.10. The molecule has 21 heavy (non-hydrogen) atoms. The molecule has 0 spiro atoms. The number of halogens is 3. The average molecular weight is 427 g/mol. The SMILES string of the molecule is Clc1cccc(Oc2ccc3ccccc3c2Br)c1CBr. The van der Waals surface area contributed by atoms with Crippen LogP contribution in [0.5, 0.6) is 11.5 Å².